The summed E-state index contributed by atoms with van der Waals surface area (Å²) >= 11 is 7.70. The standard InChI is InChI=1S/C13H16ClN3S/c14-6-9-2-1-3-10(9)7-15-13-12-11(4-5-18-12)16-8-17-13/h4-5,8-10H,1-3,6-7H2,(H,15,16,17). The number of thiophene rings is 1. The van der Waals surface area contributed by atoms with E-state index in [0.717, 1.165) is 28.5 Å². The van der Waals surface area contributed by atoms with E-state index in [9.17, 15) is 0 Å². The van der Waals surface area contributed by atoms with E-state index in [2.05, 4.69) is 20.7 Å². The summed E-state index contributed by atoms with van der Waals surface area (Å²) in [4.78, 5) is 8.60. The van der Waals surface area contributed by atoms with E-state index in [0.29, 0.717) is 11.8 Å². The van der Waals surface area contributed by atoms with Crippen LogP contribution in [0.3, 0.4) is 0 Å². The molecule has 0 aromatic carbocycles. The highest BCUT2D eigenvalue weighted by Gasteiger charge is 2.26. The van der Waals surface area contributed by atoms with Gasteiger partial charge in [-0.2, -0.15) is 0 Å². The van der Waals surface area contributed by atoms with Gasteiger partial charge in [0.1, 0.15) is 12.1 Å². The third-order valence-corrected chi connectivity index (χ3v) is 5.10. The molecular weight excluding hydrogens is 266 g/mol. The Kier molecular flexibility index (Phi) is 3.66. The monoisotopic (exact) mass is 281 g/mol. The number of fused-ring (bicyclic) bond motifs is 1. The molecule has 0 saturated heterocycles. The number of hydrogen-bond donors (Lipinski definition) is 1. The number of alkyl halides is 1. The van der Waals surface area contributed by atoms with E-state index in [1.165, 1.54) is 19.3 Å². The van der Waals surface area contributed by atoms with Crippen LogP contribution in [0.5, 0.6) is 0 Å². The molecule has 5 heteroatoms. The van der Waals surface area contributed by atoms with Crippen molar-refractivity contribution in [1.29, 1.82) is 0 Å². The molecule has 0 radical (unpaired) electrons. The summed E-state index contributed by atoms with van der Waals surface area (Å²) in [5, 5.41) is 5.54. The number of nitrogens with one attached hydrogen (secondary N) is 1. The lowest BCUT2D eigenvalue weighted by Gasteiger charge is -2.18. The summed E-state index contributed by atoms with van der Waals surface area (Å²) in [5.74, 6) is 3.10. The van der Waals surface area contributed by atoms with E-state index in [4.69, 9.17) is 11.6 Å². The van der Waals surface area contributed by atoms with Crippen molar-refractivity contribution in [1.82, 2.24) is 9.97 Å². The molecule has 18 heavy (non-hydrogen) atoms. The topological polar surface area (TPSA) is 37.8 Å². The second-order valence-corrected chi connectivity index (χ2v) is 6.07. The first-order valence-corrected chi connectivity index (χ1v) is 7.78. The maximum Gasteiger partial charge on any atom is 0.147 e. The lowest BCUT2D eigenvalue weighted by molar-refractivity contribution is 0.444. The van der Waals surface area contributed by atoms with Gasteiger partial charge in [-0.05, 0) is 36.1 Å². The van der Waals surface area contributed by atoms with Gasteiger partial charge in [0.05, 0.1) is 10.2 Å². The number of nitrogens with zero attached hydrogens (tertiary/aromatic N) is 2. The lowest BCUT2D eigenvalue weighted by atomic mass is 9.98. The second kappa shape index (κ2) is 5.41. The zero-order valence-corrected chi connectivity index (χ0v) is 11.7. The van der Waals surface area contributed by atoms with Crippen molar-refractivity contribution in [3.63, 3.8) is 0 Å². The van der Waals surface area contributed by atoms with Gasteiger partial charge in [0, 0.05) is 12.4 Å². The summed E-state index contributed by atoms with van der Waals surface area (Å²) in [7, 11) is 0. The Morgan fingerprint density at radius 2 is 2.22 bits per heavy atom. The molecule has 0 bridgehead atoms. The van der Waals surface area contributed by atoms with Crippen molar-refractivity contribution >= 4 is 39.0 Å². The van der Waals surface area contributed by atoms with Crippen molar-refractivity contribution in [2.24, 2.45) is 11.8 Å². The number of hydrogen-bond acceptors (Lipinski definition) is 4. The van der Waals surface area contributed by atoms with Gasteiger partial charge in [0.25, 0.3) is 0 Å². The maximum atomic E-state index is 6.01. The molecule has 1 N–H and O–H groups in total. The van der Waals surface area contributed by atoms with Crippen molar-refractivity contribution < 1.29 is 0 Å². The predicted octanol–water partition coefficient (Wildman–Crippen LogP) is 3.76. The molecule has 0 spiro atoms. The first-order chi connectivity index (χ1) is 8.88. The van der Waals surface area contributed by atoms with Gasteiger partial charge >= 0.3 is 0 Å². The minimum Gasteiger partial charge on any atom is -0.368 e. The molecule has 1 saturated carbocycles. The van der Waals surface area contributed by atoms with Crippen LogP contribution in [-0.4, -0.2) is 22.4 Å². The molecular formula is C13H16ClN3S. The van der Waals surface area contributed by atoms with Crippen LogP contribution in [0.2, 0.25) is 0 Å². The highest BCUT2D eigenvalue weighted by Crippen LogP contribution is 2.33. The minimum absolute atomic E-state index is 0.667. The Bertz CT molecular complexity index is 528. The summed E-state index contributed by atoms with van der Waals surface area (Å²) < 4.78 is 1.15. The van der Waals surface area contributed by atoms with Gasteiger partial charge < -0.3 is 5.32 Å². The fourth-order valence-electron chi connectivity index (χ4n) is 2.73. The molecule has 3 nitrogen and oxygen atoms in total. The SMILES string of the molecule is ClCC1CCCC1CNc1ncnc2ccsc12. The Morgan fingerprint density at radius 3 is 3.11 bits per heavy atom. The maximum absolute atomic E-state index is 6.01. The van der Waals surface area contributed by atoms with Crippen molar-refractivity contribution in [3.8, 4) is 0 Å². The third-order valence-electron chi connectivity index (χ3n) is 3.79. The number of anilines is 1. The quantitative estimate of drug-likeness (QED) is 0.867. The molecule has 1 aliphatic carbocycles. The zero-order chi connectivity index (χ0) is 12.4. The molecule has 3 rings (SSSR count). The molecule has 2 aromatic heterocycles. The second-order valence-electron chi connectivity index (χ2n) is 4.84. The Hall–Kier alpha value is -0.870. The largest absolute Gasteiger partial charge is 0.368 e. The fourth-order valence-corrected chi connectivity index (χ4v) is 3.95. The first kappa shape index (κ1) is 12.2. The van der Waals surface area contributed by atoms with Crippen LogP contribution in [0.25, 0.3) is 10.2 Å². The van der Waals surface area contributed by atoms with Gasteiger partial charge in [0.2, 0.25) is 0 Å². The molecule has 1 aliphatic rings. The molecule has 96 valence electrons. The Balaban J connectivity index is 1.71. The highest BCUT2D eigenvalue weighted by molar-refractivity contribution is 7.17. The highest BCUT2D eigenvalue weighted by atomic mass is 35.5. The van der Waals surface area contributed by atoms with Gasteiger partial charge in [-0.15, -0.1) is 22.9 Å². The van der Waals surface area contributed by atoms with Crippen LogP contribution in [-0.2, 0) is 0 Å². The normalized spacial score (nSPS) is 23.6. The Morgan fingerprint density at radius 1 is 1.33 bits per heavy atom. The number of rotatable bonds is 4. The Labute approximate surface area is 116 Å². The van der Waals surface area contributed by atoms with Crippen LogP contribution in [0, 0.1) is 11.8 Å². The molecule has 1 fully saturated rings. The van der Waals surface area contributed by atoms with Crippen LogP contribution < -0.4 is 5.32 Å². The third kappa shape index (κ3) is 2.31. The van der Waals surface area contributed by atoms with Gasteiger partial charge in [0.15, 0.2) is 0 Å². The van der Waals surface area contributed by atoms with E-state index < -0.39 is 0 Å². The van der Waals surface area contributed by atoms with Crippen molar-refractivity contribution in [3.05, 3.63) is 17.8 Å². The van der Waals surface area contributed by atoms with Gasteiger partial charge in [-0.25, -0.2) is 9.97 Å². The molecule has 2 atom stereocenters. The summed E-state index contributed by atoms with van der Waals surface area (Å²) in [6, 6.07) is 2.03. The first-order valence-electron chi connectivity index (χ1n) is 6.36. The number of aromatic nitrogens is 2. The summed E-state index contributed by atoms with van der Waals surface area (Å²) in [6.07, 6.45) is 5.49. The summed E-state index contributed by atoms with van der Waals surface area (Å²) in [6.45, 7) is 0.974. The van der Waals surface area contributed by atoms with Gasteiger partial charge in [-0.3, -0.25) is 0 Å². The van der Waals surface area contributed by atoms with Crippen LogP contribution in [0.15, 0.2) is 17.8 Å². The number of halogens is 1. The van der Waals surface area contributed by atoms with Crippen LogP contribution in [0.4, 0.5) is 5.82 Å². The van der Waals surface area contributed by atoms with Crippen molar-refractivity contribution in [2.75, 3.05) is 17.7 Å². The van der Waals surface area contributed by atoms with E-state index in [1.807, 2.05) is 6.07 Å². The average Bonchev–Trinajstić information content (AvgIpc) is 3.04. The predicted molar refractivity (Wildman–Crippen MR) is 77.5 cm³/mol. The molecule has 2 aromatic rings. The van der Waals surface area contributed by atoms with E-state index >= 15 is 0 Å². The van der Waals surface area contributed by atoms with Crippen LogP contribution in [0.1, 0.15) is 19.3 Å². The zero-order valence-electron chi connectivity index (χ0n) is 10.1. The summed E-state index contributed by atoms with van der Waals surface area (Å²) in [5.41, 5.74) is 1.03. The fraction of sp³-hybridized carbons (Fsp3) is 0.538. The molecule has 2 unspecified atom stereocenters. The van der Waals surface area contributed by atoms with E-state index in [-0.39, 0.29) is 0 Å². The minimum atomic E-state index is 0.667. The van der Waals surface area contributed by atoms with Crippen LogP contribution >= 0.6 is 22.9 Å². The smallest absolute Gasteiger partial charge is 0.147 e. The average molecular weight is 282 g/mol. The molecule has 0 aliphatic heterocycles. The molecule has 0 amide bonds. The lowest BCUT2D eigenvalue weighted by Crippen LogP contribution is -2.19. The van der Waals surface area contributed by atoms with Crippen molar-refractivity contribution in [2.45, 2.75) is 19.3 Å². The molecule has 2 heterocycles. The van der Waals surface area contributed by atoms with E-state index in [1.54, 1.807) is 17.7 Å². The van der Waals surface area contributed by atoms with Gasteiger partial charge in [-0.1, -0.05) is 6.42 Å².